The summed E-state index contributed by atoms with van der Waals surface area (Å²) >= 11 is 0. The van der Waals surface area contributed by atoms with Gasteiger partial charge in [0, 0.05) is 11.8 Å². The van der Waals surface area contributed by atoms with Crippen LogP contribution in [0.4, 0.5) is 0 Å². The van der Waals surface area contributed by atoms with Crippen molar-refractivity contribution in [2.45, 2.75) is 64.2 Å². The summed E-state index contributed by atoms with van der Waals surface area (Å²) in [4.78, 5) is 19.3. The SMILES string of the molecule is CCC(=O)NOCC1CCC(CCN2CCC(c3cccc4occc34)CC2)CC1. The number of amides is 1. The molecule has 0 bridgehead atoms. The average molecular weight is 413 g/mol. The van der Waals surface area contributed by atoms with Crippen LogP contribution >= 0.6 is 0 Å². The molecule has 1 amide bonds. The Kier molecular flexibility index (Phi) is 7.45. The van der Waals surface area contributed by atoms with Crippen molar-refractivity contribution < 1.29 is 14.0 Å². The number of furan rings is 1. The molecule has 0 radical (unpaired) electrons. The van der Waals surface area contributed by atoms with Crippen LogP contribution in [0.1, 0.15) is 69.8 Å². The third-order valence-electron chi connectivity index (χ3n) is 7.20. The van der Waals surface area contributed by atoms with Gasteiger partial charge in [0.25, 0.3) is 0 Å². The summed E-state index contributed by atoms with van der Waals surface area (Å²) in [6, 6.07) is 8.60. The lowest BCUT2D eigenvalue weighted by Gasteiger charge is -2.34. The first-order valence-electron chi connectivity index (χ1n) is 11.8. The molecule has 1 aromatic heterocycles. The van der Waals surface area contributed by atoms with E-state index >= 15 is 0 Å². The molecule has 5 nitrogen and oxygen atoms in total. The van der Waals surface area contributed by atoms with Gasteiger partial charge in [0.15, 0.2) is 0 Å². The number of fused-ring (bicyclic) bond motifs is 1. The summed E-state index contributed by atoms with van der Waals surface area (Å²) in [5.41, 5.74) is 5.02. The third kappa shape index (κ3) is 5.44. The lowest BCUT2D eigenvalue weighted by atomic mass is 9.80. The minimum Gasteiger partial charge on any atom is -0.464 e. The Bertz CT molecular complexity index is 802. The van der Waals surface area contributed by atoms with Gasteiger partial charge in [0.05, 0.1) is 12.9 Å². The number of hydrogen-bond acceptors (Lipinski definition) is 4. The van der Waals surface area contributed by atoms with Crippen molar-refractivity contribution in [2.75, 3.05) is 26.2 Å². The molecule has 1 saturated heterocycles. The molecule has 4 rings (SSSR count). The Labute approximate surface area is 180 Å². The van der Waals surface area contributed by atoms with E-state index in [2.05, 4.69) is 34.6 Å². The normalized spacial score (nSPS) is 23.6. The van der Waals surface area contributed by atoms with Gasteiger partial charge in [0.1, 0.15) is 5.58 Å². The monoisotopic (exact) mass is 412 g/mol. The quantitative estimate of drug-likeness (QED) is 0.601. The summed E-state index contributed by atoms with van der Waals surface area (Å²) in [6.07, 6.45) is 11.2. The summed E-state index contributed by atoms with van der Waals surface area (Å²) < 4.78 is 5.58. The van der Waals surface area contributed by atoms with E-state index in [-0.39, 0.29) is 5.91 Å². The van der Waals surface area contributed by atoms with Gasteiger partial charge < -0.3 is 9.32 Å². The molecule has 2 aromatic rings. The molecule has 2 heterocycles. The predicted octanol–water partition coefficient (Wildman–Crippen LogP) is 5.27. The molecule has 30 heavy (non-hydrogen) atoms. The van der Waals surface area contributed by atoms with Crippen molar-refractivity contribution in [3.63, 3.8) is 0 Å². The molecule has 1 N–H and O–H groups in total. The zero-order valence-electron chi connectivity index (χ0n) is 18.3. The molecule has 1 aliphatic carbocycles. The van der Waals surface area contributed by atoms with Gasteiger partial charge in [-0.25, -0.2) is 5.48 Å². The van der Waals surface area contributed by atoms with Crippen molar-refractivity contribution in [2.24, 2.45) is 11.8 Å². The highest BCUT2D eigenvalue weighted by molar-refractivity contribution is 5.81. The van der Waals surface area contributed by atoms with Gasteiger partial charge >= 0.3 is 0 Å². The molecule has 0 atom stereocenters. The maximum Gasteiger partial charge on any atom is 0.243 e. The number of nitrogens with one attached hydrogen (secondary N) is 1. The lowest BCUT2D eigenvalue weighted by molar-refractivity contribution is -0.134. The number of carbonyl (C=O) groups excluding carboxylic acids is 1. The van der Waals surface area contributed by atoms with Crippen LogP contribution in [0, 0.1) is 11.8 Å². The summed E-state index contributed by atoms with van der Waals surface area (Å²) in [5, 5.41) is 1.30. The largest absolute Gasteiger partial charge is 0.464 e. The number of nitrogens with zero attached hydrogens (tertiary/aromatic N) is 1. The molecule has 1 saturated carbocycles. The highest BCUT2D eigenvalue weighted by Crippen LogP contribution is 2.35. The number of carbonyl (C=O) groups is 1. The zero-order valence-corrected chi connectivity index (χ0v) is 18.3. The summed E-state index contributed by atoms with van der Waals surface area (Å²) in [7, 11) is 0. The van der Waals surface area contributed by atoms with Crippen LogP contribution in [0.2, 0.25) is 0 Å². The van der Waals surface area contributed by atoms with Gasteiger partial charge in [-0.2, -0.15) is 0 Å². The Morgan fingerprint density at radius 2 is 1.87 bits per heavy atom. The van der Waals surface area contributed by atoms with Crippen molar-refractivity contribution in [1.29, 1.82) is 0 Å². The van der Waals surface area contributed by atoms with Crippen LogP contribution in [-0.2, 0) is 9.63 Å². The molecule has 0 unspecified atom stereocenters. The van der Waals surface area contributed by atoms with Crippen LogP contribution in [0.25, 0.3) is 11.0 Å². The number of hydrogen-bond donors (Lipinski definition) is 1. The average Bonchev–Trinajstić information content (AvgIpc) is 3.28. The van der Waals surface area contributed by atoms with Gasteiger partial charge in [0.2, 0.25) is 5.91 Å². The fourth-order valence-electron chi connectivity index (χ4n) is 5.21. The first-order valence-corrected chi connectivity index (χ1v) is 11.8. The zero-order chi connectivity index (χ0) is 20.8. The smallest absolute Gasteiger partial charge is 0.243 e. The third-order valence-corrected chi connectivity index (χ3v) is 7.20. The molecule has 1 aromatic carbocycles. The second kappa shape index (κ2) is 10.5. The Balaban J connectivity index is 1.14. The van der Waals surface area contributed by atoms with Gasteiger partial charge in [-0.1, -0.05) is 31.9 Å². The van der Waals surface area contributed by atoms with Crippen molar-refractivity contribution in [3.05, 3.63) is 36.1 Å². The van der Waals surface area contributed by atoms with Gasteiger partial charge in [-0.3, -0.25) is 9.63 Å². The number of piperidine rings is 1. The first-order chi connectivity index (χ1) is 14.7. The molecule has 1 aliphatic heterocycles. The minimum absolute atomic E-state index is 0.0334. The molecule has 164 valence electrons. The van der Waals surface area contributed by atoms with Gasteiger partial charge in [-0.15, -0.1) is 0 Å². The Hall–Kier alpha value is -1.85. The number of rotatable bonds is 8. The molecular weight excluding hydrogens is 376 g/mol. The van der Waals surface area contributed by atoms with E-state index in [1.807, 2.05) is 13.2 Å². The maximum absolute atomic E-state index is 11.2. The second-order valence-electron chi connectivity index (χ2n) is 9.16. The summed E-state index contributed by atoms with van der Waals surface area (Å²) in [5.74, 6) is 2.07. The Morgan fingerprint density at radius 1 is 1.10 bits per heavy atom. The van der Waals surface area contributed by atoms with Crippen molar-refractivity contribution in [1.82, 2.24) is 10.4 Å². The second-order valence-corrected chi connectivity index (χ2v) is 9.16. The van der Waals surface area contributed by atoms with E-state index in [0.717, 1.165) is 11.5 Å². The first kappa shape index (κ1) is 21.4. The van der Waals surface area contributed by atoms with Crippen molar-refractivity contribution >= 4 is 16.9 Å². The standard InChI is InChI=1S/C25H36N2O3/c1-2-25(28)26-30-18-20-8-6-19(7-9-20)10-14-27-15-11-21(12-16-27)22-4-3-5-24-23(22)13-17-29-24/h3-5,13,17,19-21H,2,6-12,14-16,18H2,1H3,(H,26,28). The van der Waals surface area contributed by atoms with Crippen molar-refractivity contribution in [3.8, 4) is 0 Å². The summed E-state index contributed by atoms with van der Waals surface area (Å²) in [6.45, 7) is 6.15. The van der Waals surface area contributed by atoms with E-state index in [1.54, 1.807) is 0 Å². The minimum atomic E-state index is -0.0334. The highest BCUT2D eigenvalue weighted by atomic mass is 16.6. The van der Waals surface area contributed by atoms with Crippen LogP contribution in [0.3, 0.4) is 0 Å². The predicted molar refractivity (Wildman–Crippen MR) is 119 cm³/mol. The molecule has 2 aliphatic rings. The van der Waals surface area contributed by atoms with E-state index < -0.39 is 0 Å². The van der Waals surface area contributed by atoms with Gasteiger partial charge in [-0.05, 0) is 87.2 Å². The Morgan fingerprint density at radius 3 is 2.63 bits per heavy atom. The molecule has 2 fully saturated rings. The fourth-order valence-corrected chi connectivity index (χ4v) is 5.21. The van der Waals surface area contributed by atoms with E-state index in [4.69, 9.17) is 9.25 Å². The van der Waals surface area contributed by atoms with E-state index in [9.17, 15) is 4.79 Å². The topological polar surface area (TPSA) is 54.7 Å². The number of benzene rings is 1. The van der Waals surface area contributed by atoms with Crippen LogP contribution in [-0.4, -0.2) is 37.0 Å². The van der Waals surface area contributed by atoms with Crippen LogP contribution in [0.15, 0.2) is 34.9 Å². The van der Waals surface area contributed by atoms with E-state index in [1.165, 1.54) is 75.5 Å². The van der Waals surface area contributed by atoms with Crippen LogP contribution in [0.5, 0.6) is 0 Å². The molecule has 5 heteroatoms. The van der Waals surface area contributed by atoms with E-state index in [0.29, 0.717) is 24.9 Å². The highest BCUT2D eigenvalue weighted by Gasteiger charge is 2.25. The number of hydroxylamine groups is 1. The maximum atomic E-state index is 11.2. The van der Waals surface area contributed by atoms with Crippen LogP contribution < -0.4 is 5.48 Å². The molecular formula is C25H36N2O3. The number of likely N-dealkylation sites (tertiary alicyclic amines) is 1. The fraction of sp³-hybridized carbons (Fsp3) is 0.640. The lowest BCUT2D eigenvalue weighted by Crippen LogP contribution is -2.35. The molecule has 0 spiro atoms.